The molecule has 2 rings (SSSR count). The summed E-state index contributed by atoms with van der Waals surface area (Å²) in [6, 6.07) is 9.67. The van der Waals surface area contributed by atoms with Crippen molar-refractivity contribution in [3.05, 3.63) is 41.2 Å². The number of ketones is 1. The van der Waals surface area contributed by atoms with Gasteiger partial charge in [0.25, 0.3) is 0 Å². The average molecular weight is 268 g/mol. The second-order valence-electron chi connectivity index (χ2n) is 4.43. The number of aromatic nitrogens is 3. The fourth-order valence-corrected chi connectivity index (χ4v) is 2.06. The third-order valence-electron chi connectivity index (χ3n) is 3.15. The van der Waals surface area contributed by atoms with Crippen LogP contribution in [0.4, 0.5) is 0 Å². The van der Waals surface area contributed by atoms with Gasteiger partial charge in [0, 0.05) is 6.42 Å². The lowest BCUT2D eigenvalue weighted by atomic mass is 10.1. The van der Waals surface area contributed by atoms with E-state index < -0.39 is 0 Å². The van der Waals surface area contributed by atoms with E-state index in [1.54, 1.807) is 4.68 Å². The minimum Gasteiger partial charge on any atom is -0.292 e. The van der Waals surface area contributed by atoms with E-state index in [0.717, 1.165) is 16.9 Å². The first-order chi connectivity index (χ1) is 9.71. The Morgan fingerprint density at radius 3 is 2.55 bits per heavy atom. The molecule has 0 radical (unpaired) electrons. The molecule has 0 spiro atoms. The molecule has 0 aliphatic heterocycles. The summed E-state index contributed by atoms with van der Waals surface area (Å²) in [6.45, 7) is 3.79. The van der Waals surface area contributed by atoms with Gasteiger partial charge in [-0.05, 0) is 24.1 Å². The fraction of sp³-hybridized carbons (Fsp3) is 0.333. The largest absolute Gasteiger partial charge is 0.292 e. The van der Waals surface area contributed by atoms with Gasteiger partial charge in [-0.3, -0.25) is 4.79 Å². The van der Waals surface area contributed by atoms with Gasteiger partial charge in [-0.15, -0.1) is 5.10 Å². The molecular weight excluding hydrogens is 252 g/mol. The van der Waals surface area contributed by atoms with Gasteiger partial charge in [-0.2, -0.15) is 5.26 Å². The maximum absolute atomic E-state index is 11.8. The monoisotopic (exact) mass is 268 g/mol. The van der Waals surface area contributed by atoms with Crippen molar-refractivity contribution in [1.29, 1.82) is 5.26 Å². The van der Waals surface area contributed by atoms with Gasteiger partial charge in [0.15, 0.2) is 11.5 Å². The molecule has 0 unspecified atom stereocenters. The van der Waals surface area contributed by atoms with Gasteiger partial charge < -0.3 is 0 Å². The number of carbonyl (C=O) groups is 1. The van der Waals surface area contributed by atoms with Crippen LogP contribution in [0.2, 0.25) is 0 Å². The highest BCUT2D eigenvalue weighted by Crippen LogP contribution is 2.16. The third kappa shape index (κ3) is 2.59. The van der Waals surface area contributed by atoms with Gasteiger partial charge in [0.05, 0.1) is 23.9 Å². The Labute approximate surface area is 117 Å². The zero-order valence-corrected chi connectivity index (χ0v) is 11.6. The first kappa shape index (κ1) is 13.9. The molecule has 1 heterocycles. The van der Waals surface area contributed by atoms with Crippen molar-refractivity contribution in [1.82, 2.24) is 15.0 Å². The van der Waals surface area contributed by atoms with Crippen LogP contribution in [0.25, 0.3) is 5.69 Å². The summed E-state index contributed by atoms with van der Waals surface area (Å²) in [6.07, 6.45) is 1.50. The zero-order chi connectivity index (χ0) is 14.5. The van der Waals surface area contributed by atoms with E-state index in [0.29, 0.717) is 25.0 Å². The molecule has 0 aliphatic carbocycles. The molecule has 0 saturated carbocycles. The predicted octanol–water partition coefficient (Wildman–Crippen LogP) is 2.49. The second-order valence-corrected chi connectivity index (χ2v) is 4.43. The molecule has 1 aromatic heterocycles. The quantitative estimate of drug-likeness (QED) is 0.781. The van der Waals surface area contributed by atoms with Crippen LogP contribution in [0.5, 0.6) is 0 Å². The van der Waals surface area contributed by atoms with Crippen molar-refractivity contribution in [3.8, 4) is 11.8 Å². The van der Waals surface area contributed by atoms with Crippen LogP contribution in [0, 0.1) is 11.3 Å². The van der Waals surface area contributed by atoms with Crippen molar-refractivity contribution in [3.63, 3.8) is 0 Å². The number of nitrogens with zero attached hydrogens (tertiary/aromatic N) is 4. The van der Waals surface area contributed by atoms with Gasteiger partial charge in [0.2, 0.25) is 0 Å². The molecule has 5 heteroatoms. The van der Waals surface area contributed by atoms with Crippen LogP contribution in [0.1, 0.15) is 42.0 Å². The zero-order valence-electron chi connectivity index (χ0n) is 11.6. The van der Waals surface area contributed by atoms with Crippen molar-refractivity contribution in [2.75, 3.05) is 0 Å². The minimum absolute atomic E-state index is 0.00852. The van der Waals surface area contributed by atoms with E-state index in [1.807, 2.05) is 38.1 Å². The summed E-state index contributed by atoms with van der Waals surface area (Å²) < 4.78 is 1.69. The number of nitriles is 1. The normalized spacial score (nSPS) is 10.2. The van der Waals surface area contributed by atoms with Crippen LogP contribution in [0.3, 0.4) is 0 Å². The highest BCUT2D eigenvalue weighted by atomic mass is 16.1. The number of hydrogen-bond acceptors (Lipinski definition) is 4. The highest BCUT2D eigenvalue weighted by molar-refractivity contribution is 5.95. The topological polar surface area (TPSA) is 71.6 Å². The summed E-state index contributed by atoms with van der Waals surface area (Å²) in [7, 11) is 0. The van der Waals surface area contributed by atoms with E-state index >= 15 is 0 Å². The lowest BCUT2D eigenvalue weighted by Gasteiger charge is -2.06. The molecule has 0 bridgehead atoms. The molecule has 0 aliphatic rings. The number of carbonyl (C=O) groups excluding carboxylic acids is 1. The van der Waals surface area contributed by atoms with Gasteiger partial charge in [0.1, 0.15) is 0 Å². The number of hydrogen-bond donors (Lipinski definition) is 0. The standard InChI is InChI=1S/C15H16N4O/c1-3-13-15(14(20)4-2)17-18-19(13)12-7-5-11(6-8-12)9-10-16/h5-8H,3-4,9H2,1-2H3. The van der Waals surface area contributed by atoms with Gasteiger partial charge in [-0.1, -0.05) is 31.2 Å². The Hall–Kier alpha value is -2.48. The summed E-state index contributed by atoms with van der Waals surface area (Å²) >= 11 is 0. The van der Waals surface area contributed by atoms with Gasteiger partial charge in [-0.25, -0.2) is 4.68 Å². The highest BCUT2D eigenvalue weighted by Gasteiger charge is 2.17. The fourth-order valence-electron chi connectivity index (χ4n) is 2.06. The van der Waals surface area contributed by atoms with E-state index in [4.69, 9.17) is 5.26 Å². The summed E-state index contributed by atoms with van der Waals surface area (Å²) in [5.74, 6) is 0.00852. The molecule has 0 amide bonds. The predicted molar refractivity (Wildman–Crippen MR) is 74.7 cm³/mol. The molecule has 0 fully saturated rings. The molecule has 0 atom stereocenters. The Morgan fingerprint density at radius 1 is 1.30 bits per heavy atom. The maximum atomic E-state index is 11.8. The van der Waals surface area contributed by atoms with Crippen molar-refractivity contribution >= 4 is 5.78 Å². The Balaban J connectivity index is 2.40. The maximum Gasteiger partial charge on any atom is 0.184 e. The smallest absolute Gasteiger partial charge is 0.184 e. The molecular formula is C15H16N4O. The lowest BCUT2D eigenvalue weighted by molar-refractivity contribution is 0.0982. The van der Waals surface area contributed by atoms with Crippen molar-refractivity contribution in [2.24, 2.45) is 0 Å². The van der Waals surface area contributed by atoms with Crippen LogP contribution < -0.4 is 0 Å². The van der Waals surface area contributed by atoms with Crippen LogP contribution in [0.15, 0.2) is 24.3 Å². The molecule has 0 saturated heterocycles. The minimum atomic E-state index is 0.00852. The number of Topliss-reactive ketones (excluding diaryl/α,β-unsaturated/α-hetero) is 1. The summed E-state index contributed by atoms with van der Waals surface area (Å²) in [5.41, 5.74) is 3.09. The van der Waals surface area contributed by atoms with E-state index in [-0.39, 0.29) is 5.78 Å². The first-order valence-electron chi connectivity index (χ1n) is 6.65. The SMILES string of the molecule is CCC(=O)c1nnn(-c2ccc(CC#N)cc2)c1CC. The number of rotatable bonds is 5. The van der Waals surface area contributed by atoms with Crippen LogP contribution in [-0.2, 0) is 12.8 Å². The Kier molecular flexibility index (Phi) is 4.26. The van der Waals surface area contributed by atoms with Crippen LogP contribution >= 0.6 is 0 Å². The van der Waals surface area contributed by atoms with E-state index in [2.05, 4.69) is 16.4 Å². The molecule has 2 aromatic rings. The third-order valence-corrected chi connectivity index (χ3v) is 3.15. The van der Waals surface area contributed by atoms with E-state index in [1.165, 1.54) is 0 Å². The molecule has 1 aromatic carbocycles. The molecule has 0 N–H and O–H groups in total. The lowest BCUT2D eigenvalue weighted by Crippen LogP contribution is -2.06. The van der Waals surface area contributed by atoms with Gasteiger partial charge >= 0.3 is 0 Å². The molecule has 102 valence electrons. The van der Waals surface area contributed by atoms with Crippen LogP contribution in [-0.4, -0.2) is 20.8 Å². The summed E-state index contributed by atoms with van der Waals surface area (Å²) in [4.78, 5) is 11.8. The average Bonchev–Trinajstić information content (AvgIpc) is 2.91. The Bertz CT molecular complexity index is 650. The Morgan fingerprint density at radius 2 is 2.00 bits per heavy atom. The van der Waals surface area contributed by atoms with Crippen molar-refractivity contribution in [2.45, 2.75) is 33.1 Å². The second kappa shape index (κ2) is 6.11. The summed E-state index contributed by atoms with van der Waals surface area (Å²) in [5, 5.41) is 16.8. The number of benzene rings is 1. The molecule has 5 nitrogen and oxygen atoms in total. The van der Waals surface area contributed by atoms with E-state index in [9.17, 15) is 4.79 Å². The van der Waals surface area contributed by atoms with Crippen molar-refractivity contribution < 1.29 is 4.79 Å². The first-order valence-corrected chi connectivity index (χ1v) is 6.65. The molecule has 20 heavy (non-hydrogen) atoms.